The third-order valence-electron chi connectivity index (χ3n) is 5.84. The number of hydrogen-bond acceptors (Lipinski definition) is 3. The molecule has 5 heteroatoms. The van der Waals surface area contributed by atoms with Gasteiger partial charge in [0, 0.05) is 23.1 Å². The molecule has 5 nitrogen and oxygen atoms in total. The van der Waals surface area contributed by atoms with Crippen molar-refractivity contribution in [2.24, 2.45) is 0 Å². The Hall–Kier alpha value is -2.79. The van der Waals surface area contributed by atoms with E-state index in [4.69, 9.17) is 9.15 Å². The molecule has 1 saturated heterocycles. The van der Waals surface area contributed by atoms with Crippen molar-refractivity contribution >= 4 is 16.9 Å². The summed E-state index contributed by atoms with van der Waals surface area (Å²) in [6.07, 6.45) is 4.06. The molecule has 29 heavy (non-hydrogen) atoms. The van der Waals surface area contributed by atoms with E-state index < -0.39 is 0 Å². The highest BCUT2D eigenvalue weighted by Gasteiger charge is 2.18. The van der Waals surface area contributed by atoms with Crippen LogP contribution in [0.2, 0.25) is 0 Å². The number of nitrogens with one attached hydrogen (secondary N) is 2. The highest BCUT2D eigenvalue weighted by Crippen LogP contribution is 2.28. The molecule has 1 fully saturated rings. The number of hydrogen-bond donors (Lipinski definition) is 2. The first kappa shape index (κ1) is 19.5. The van der Waals surface area contributed by atoms with E-state index in [1.54, 1.807) is 12.0 Å². The lowest BCUT2D eigenvalue weighted by Crippen LogP contribution is -3.11. The zero-order chi connectivity index (χ0) is 20.2. The maximum absolute atomic E-state index is 12.7. The van der Waals surface area contributed by atoms with E-state index in [-0.39, 0.29) is 5.91 Å². The van der Waals surface area contributed by atoms with E-state index in [0.717, 1.165) is 28.8 Å². The van der Waals surface area contributed by atoms with Crippen LogP contribution in [0.4, 0.5) is 0 Å². The molecule has 1 aliphatic rings. The summed E-state index contributed by atoms with van der Waals surface area (Å²) in [7, 11) is 1.63. The van der Waals surface area contributed by atoms with Crippen LogP contribution in [0.15, 0.2) is 46.9 Å². The maximum atomic E-state index is 12.7. The van der Waals surface area contributed by atoms with Crippen molar-refractivity contribution in [1.29, 1.82) is 0 Å². The maximum Gasteiger partial charge on any atom is 0.287 e. The first-order valence-corrected chi connectivity index (χ1v) is 10.4. The molecule has 152 valence electrons. The molecule has 0 unspecified atom stereocenters. The quantitative estimate of drug-likeness (QED) is 0.676. The average Bonchev–Trinajstić information content (AvgIpc) is 3.09. The number of methoxy groups -OCH3 is 1. The third-order valence-corrected chi connectivity index (χ3v) is 5.84. The van der Waals surface area contributed by atoms with Gasteiger partial charge in [0.1, 0.15) is 17.9 Å². The van der Waals surface area contributed by atoms with E-state index in [1.165, 1.54) is 37.9 Å². The van der Waals surface area contributed by atoms with Gasteiger partial charge >= 0.3 is 0 Å². The van der Waals surface area contributed by atoms with E-state index in [9.17, 15) is 4.79 Å². The number of carbonyl (C=O) groups is 1. The molecule has 0 radical (unpaired) electrons. The number of carbonyl (C=O) groups excluding carboxylic acids is 1. The number of fused-ring (bicyclic) bond motifs is 1. The topological polar surface area (TPSA) is 55.9 Å². The Balaban J connectivity index is 1.38. The summed E-state index contributed by atoms with van der Waals surface area (Å²) in [5.41, 5.74) is 3.97. The molecule has 0 bridgehead atoms. The van der Waals surface area contributed by atoms with Gasteiger partial charge in [-0.25, -0.2) is 0 Å². The number of quaternary nitrogens is 1. The number of amides is 1. The Kier molecular flexibility index (Phi) is 5.86. The molecular weight excluding hydrogens is 364 g/mol. The largest absolute Gasteiger partial charge is 0.497 e. The second-order valence-electron chi connectivity index (χ2n) is 7.90. The van der Waals surface area contributed by atoms with Gasteiger partial charge in [-0.05, 0) is 49.9 Å². The Morgan fingerprint density at radius 2 is 1.79 bits per heavy atom. The second-order valence-corrected chi connectivity index (χ2v) is 7.90. The molecule has 2 N–H and O–H groups in total. The first-order valence-electron chi connectivity index (χ1n) is 10.4. The van der Waals surface area contributed by atoms with E-state index in [0.29, 0.717) is 17.9 Å². The van der Waals surface area contributed by atoms with Crippen LogP contribution in [-0.2, 0) is 13.1 Å². The predicted molar refractivity (Wildman–Crippen MR) is 113 cm³/mol. The predicted octanol–water partition coefficient (Wildman–Crippen LogP) is 3.25. The van der Waals surface area contributed by atoms with Crippen LogP contribution in [0.1, 0.15) is 46.5 Å². The van der Waals surface area contributed by atoms with Crippen LogP contribution in [-0.4, -0.2) is 26.1 Å². The average molecular weight is 394 g/mol. The Bertz CT molecular complexity index is 985. The molecule has 1 aromatic heterocycles. The third kappa shape index (κ3) is 4.46. The molecule has 3 aromatic rings. The number of benzene rings is 2. The fraction of sp³-hybridized carbons (Fsp3) is 0.375. The summed E-state index contributed by atoms with van der Waals surface area (Å²) in [6.45, 7) is 6.03. The highest BCUT2D eigenvalue weighted by molar-refractivity contribution is 5.99. The van der Waals surface area contributed by atoms with Gasteiger partial charge < -0.3 is 19.4 Å². The monoisotopic (exact) mass is 393 g/mol. The van der Waals surface area contributed by atoms with E-state index >= 15 is 0 Å². The van der Waals surface area contributed by atoms with Gasteiger partial charge in [0.25, 0.3) is 5.91 Å². The minimum Gasteiger partial charge on any atom is -0.497 e. The van der Waals surface area contributed by atoms with Crippen molar-refractivity contribution in [2.45, 2.75) is 39.3 Å². The molecule has 0 aliphatic carbocycles. The standard InChI is InChI=1S/C24H28N2O3/c1-17-21-14-20(28-2)10-11-22(21)29-23(17)24(27)25-15-18-6-8-19(9-7-18)16-26-12-4-3-5-13-26/h6-11,14H,3-5,12-13,15-16H2,1-2H3,(H,25,27)/p+1. The van der Waals surface area contributed by atoms with Crippen molar-refractivity contribution in [2.75, 3.05) is 20.2 Å². The molecule has 0 atom stereocenters. The molecule has 1 amide bonds. The number of furan rings is 1. The fourth-order valence-electron chi connectivity index (χ4n) is 4.10. The number of rotatable bonds is 6. The van der Waals surface area contributed by atoms with Gasteiger partial charge in [0.05, 0.1) is 20.2 Å². The highest BCUT2D eigenvalue weighted by atomic mass is 16.5. The van der Waals surface area contributed by atoms with Gasteiger partial charge in [0.15, 0.2) is 5.76 Å². The lowest BCUT2D eigenvalue weighted by Gasteiger charge is -2.23. The molecule has 1 aliphatic heterocycles. The summed E-state index contributed by atoms with van der Waals surface area (Å²) in [5, 5.41) is 3.88. The molecule has 0 spiro atoms. The van der Waals surface area contributed by atoms with E-state index in [1.807, 2.05) is 25.1 Å². The van der Waals surface area contributed by atoms with Crippen LogP contribution in [0.5, 0.6) is 5.75 Å². The Labute approximate surface area is 171 Å². The van der Waals surface area contributed by atoms with Gasteiger partial charge in [-0.1, -0.05) is 24.3 Å². The summed E-state index contributed by atoms with van der Waals surface area (Å²) < 4.78 is 11.0. The molecule has 0 saturated carbocycles. The molecule has 4 rings (SSSR count). The van der Waals surface area contributed by atoms with Gasteiger partial charge in [-0.15, -0.1) is 0 Å². The van der Waals surface area contributed by atoms with Crippen LogP contribution in [0.25, 0.3) is 11.0 Å². The normalized spacial score (nSPS) is 14.8. The van der Waals surface area contributed by atoms with Crippen molar-refractivity contribution in [1.82, 2.24) is 5.32 Å². The first-order chi connectivity index (χ1) is 14.1. The van der Waals surface area contributed by atoms with Gasteiger partial charge in [-0.2, -0.15) is 0 Å². The number of ether oxygens (including phenoxy) is 1. The fourth-order valence-corrected chi connectivity index (χ4v) is 4.10. The summed E-state index contributed by atoms with van der Waals surface area (Å²) in [5.74, 6) is 0.915. The van der Waals surface area contributed by atoms with E-state index in [2.05, 4.69) is 29.6 Å². The SMILES string of the molecule is COc1ccc2oc(C(=O)NCc3ccc(C[NH+]4CCCCC4)cc3)c(C)c2c1. The number of likely N-dealkylation sites (tertiary alicyclic amines) is 1. The smallest absolute Gasteiger partial charge is 0.287 e. The number of piperidine rings is 1. The molecular formula is C24H29N2O3+. The number of aryl methyl sites for hydroxylation is 1. The van der Waals surface area contributed by atoms with Crippen molar-refractivity contribution in [3.8, 4) is 5.75 Å². The summed E-state index contributed by atoms with van der Waals surface area (Å²) in [4.78, 5) is 14.3. The zero-order valence-electron chi connectivity index (χ0n) is 17.2. The van der Waals surface area contributed by atoms with Crippen LogP contribution >= 0.6 is 0 Å². The molecule has 2 heterocycles. The van der Waals surface area contributed by atoms with Crippen LogP contribution in [0.3, 0.4) is 0 Å². The van der Waals surface area contributed by atoms with Crippen LogP contribution in [0, 0.1) is 6.92 Å². The Morgan fingerprint density at radius 1 is 1.07 bits per heavy atom. The van der Waals surface area contributed by atoms with Crippen molar-refractivity contribution < 1.29 is 18.8 Å². The van der Waals surface area contributed by atoms with Crippen LogP contribution < -0.4 is 15.0 Å². The second kappa shape index (κ2) is 8.70. The van der Waals surface area contributed by atoms with Crippen molar-refractivity contribution in [3.05, 3.63) is 64.9 Å². The lowest BCUT2D eigenvalue weighted by molar-refractivity contribution is -0.918. The minimum atomic E-state index is -0.195. The summed E-state index contributed by atoms with van der Waals surface area (Å²) >= 11 is 0. The Morgan fingerprint density at radius 3 is 2.52 bits per heavy atom. The minimum absolute atomic E-state index is 0.195. The van der Waals surface area contributed by atoms with Crippen molar-refractivity contribution in [3.63, 3.8) is 0 Å². The van der Waals surface area contributed by atoms with Gasteiger partial charge in [0.2, 0.25) is 0 Å². The summed E-state index contributed by atoms with van der Waals surface area (Å²) in [6, 6.07) is 14.1. The zero-order valence-corrected chi connectivity index (χ0v) is 17.2. The molecule has 2 aromatic carbocycles. The van der Waals surface area contributed by atoms with Gasteiger partial charge in [-0.3, -0.25) is 4.79 Å². The lowest BCUT2D eigenvalue weighted by atomic mass is 10.1.